The van der Waals surface area contributed by atoms with Gasteiger partial charge in [0, 0.05) is 21.1 Å². The van der Waals surface area contributed by atoms with Crippen molar-refractivity contribution >= 4 is 26.8 Å². The fourth-order valence-corrected chi connectivity index (χ4v) is 1.88. The van der Waals surface area contributed by atoms with E-state index in [2.05, 4.69) is 39.1 Å². The van der Waals surface area contributed by atoms with E-state index in [0.717, 1.165) is 15.7 Å². The molecule has 0 saturated carbocycles. The molecule has 3 heteroatoms. The quantitative estimate of drug-likeness (QED) is 0.898. The number of ether oxygens (including phenoxy) is 1. The molecule has 0 aliphatic carbocycles. The Morgan fingerprint density at radius 3 is 2.87 bits per heavy atom. The molecule has 0 amide bonds. The maximum absolute atomic E-state index is 5.54. The van der Waals surface area contributed by atoms with Gasteiger partial charge in [0.2, 0.25) is 0 Å². The normalized spacial score (nSPS) is 11.5. The number of hydrogen-bond acceptors (Lipinski definition) is 1. The van der Waals surface area contributed by atoms with Gasteiger partial charge in [-0.05, 0) is 38.1 Å². The summed E-state index contributed by atoms with van der Waals surface area (Å²) in [4.78, 5) is 3.33. The summed E-state index contributed by atoms with van der Waals surface area (Å²) in [5.74, 6) is 0. The van der Waals surface area contributed by atoms with Gasteiger partial charge in [0.15, 0.2) is 0 Å². The van der Waals surface area contributed by atoms with Gasteiger partial charge in [-0.15, -0.1) is 0 Å². The third-order valence-corrected chi connectivity index (χ3v) is 2.70. The van der Waals surface area contributed by atoms with E-state index in [4.69, 9.17) is 4.74 Å². The van der Waals surface area contributed by atoms with Crippen LogP contribution in [0.4, 0.5) is 0 Å². The van der Waals surface area contributed by atoms with E-state index in [-0.39, 0.29) is 6.10 Å². The highest BCUT2D eigenvalue weighted by molar-refractivity contribution is 9.10. The number of benzene rings is 1. The first kappa shape index (κ1) is 10.7. The third-order valence-electron chi connectivity index (χ3n) is 2.21. The Morgan fingerprint density at radius 1 is 1.33 bits per heavy atom. The summed E-state index contributed by atoms with van der Waals surface area (Å²) >= 11 is 3.46. The Kier molecular flexibility index (Phi) is 3.12. The lowest BCUT2D eigenvalue weighted by Gasteiger charge is -2.04. The predicted octanol–water partition coefficient (Wildman–Crippen LogP) is 3.86. The first-order valence-electron chi connectivity index (χ1n) is 5.04. The second-order valence-corrected chi connectivity index (χ2v) is 4.80. The number of nitrogens with one attached hydrogen (secondary N) is 1. The molecule has 0 fully saturated rings. The highest BCUT2D eigenvalue weighted by Gasteiger charge is 2.02. The van der Waals surface area contributed by atoms with Crippen LogP contribution in [0, 0.1) is 0 Å². The third kappa shape index (κ3) is 2.61. The first-order chi connectivity index (χ1) is 7.15. The summed E-state index contributed by atoms with van der Waals surface area (Å²) in [6.45, 7) is 4.72. The molecule has 0 atom stereocenters. The molecule has 2 nitrogen and oxygen atoms in total. The molecule has 1 aromatic carbocycles. The van der Waals surface area contributed by atoms with Crippen molar-refractivity contribution in [2.75, 3.05) is 0 Å². The van der Waals surface area contributed by atoms with Gasteiger partial charge in [-0.3, -0.25) is 0 Å². The molecule has 0 radical (unpaired) electrons. The van der Waals surface area contributed by atoms with Crippen LogP contribution in [0.25, 0.3) is 10.9 Å². The molecule has 0 aliphatic rings. The Balaban J connectivity index is 2.23. The largest absolute Gasteiger partial charge is 0.373 e. The van der Waals surface area contributed by atoms with Gasteiger partial charge in [0.25, 0.3) is 0 Å². The number of aromatic nitrogens is 1. The molecule has 15 heavy (non-hydrogen) atoms. The molecule has 1 aromatic heterocycles. The molecule has 0 saturated heterocycles. The lowest BCUT2D eigenvalue weighted by atomic mass is 10.2. The minimum atomic E-state index is 0.267. The smallest absolute Gasteiger partial charge is 0.0869 e. The topological polar surface area (TPSA) is 25.0 Å². The lowest BCUT2D eigenvalue weighted by molar-refractivity contribution is 0.0639. The van der Waals surface area contributed by atoms with Crippen molar-refractivity contribution in [3.05, 3.63) is 34.4 Å². The number of aromatic amines is 1. The maximum atomic E-state index is 5.54. The van der Waals surface area contributed by atoms with Gasteiger partial charge in [-0.1, -0.05) is 15.9 Å². The number of rotatable bonds is 3. The van der Waals surface area contributed by atoms with E-state index >= 15 is 0 Å². The predicted molar refractivity (Wildman–Crippen MR) is 65.9 cm³/mol. The van der Waals surface area contributed by atoms with Crippen molar-refractivity contribution in [2.45, 2.75) is 26.6 Å². The summed E-state index contributed by atoms with van der Waals surface area (Å²) in [7, 11) is 0. The number of H-pyrrole nitrogens is 1. The standard InChI is InChI=1S/C12H14BrNO/c1-8(2)15-7-11-6-9-5-10(13)3-4-12(9)14-11/h3-6,8,14H,7H2,1-2H3. The zero-order valence-corrected chi connectivity index (χ0v) is 10.5. The fourth-order valence-electron chi connectivity index (χ4n) is 1.50. The summed E-state index contributed by atoms with van der Waals surface area (Å²) in [6, 6.07) is 8.33. The summed E-state index contributed by atoms with van der Waals surface area (Å²) in [6.07, 6.45) is 0.267. The van der Waals surface area contributed by atoms with Gasteiger partial charge < -0.3 is 9.72 Å². The Labute approximate surface area is 97.8 Å². The van der Waals surface area contributed by atoms with Gasteiger partial charge >= 0.3 is 0 Å². The van der Waals surface area contributed by atoms with Crippen LogP contribution in [-0.4, -0.2) is 11.1 Å². The van der Waals surface area contributed by atoms with E-state index in [1.165, 1.54) is 5.39 Å². The molecule has 0 aliphatic heterocycles. The first-order valence-corrected chi connectivity index (χ1v) is 5.83. The van der Waals surface area contributed by atoms with Crippen molar-refractivity contribution in [2.24, 2.45) is 0 Å². The minimum absolute atomic E-state index is 0.267. The van der Waals surface area contributed by atoms with Crippen molar-refractivity contribution in [1.29, 1.82) is 0 Å². The molecule has 2 aromatic rings. The second-order valence-electron chi connectivity index (χ2n) is 3.89. The minimum Gasteiger partial charge on any atom is -0.373 e. The molecular formula is C12H14BrNO. The van der Waals surface area contributed by atoms with Crippen LogP contribution < -0.4 is 0 Å². The summed E-state index contributed by atoms with van der Waals surface area (Å²) in [5.41, 5.74) is 2.28. The zero-order chi connectivity index (χ0) is 10.8. The van der Waals surface area contributed by atoms with E-state index in [9.17, 15) is 0 Å². The van der Waals surface area contributed by atoms with Crippen LogP contribution in [0.1, 0.15) is 19.5 Å². The van der Waals surface area contributed by atoms with Gasteiger partial charge in [-0.25, -0.2) is 0 Å². The monoisotopic (exact) mass is 267 g/mol. The maximum Gasteiger partial charge on any atom is 0.0869 e. The van der Waals surface area contributed by atoms with Gasteiger partial charge in [0.1, 0.15) is 0 Å². The molecule has 0 unspecified atom stereocenters. The van der Waals surface area contributed by atoms with Crippen LogP contribution >= 0.6 is 15.9 Å². The Bertz CT molecular complexity index is 462. The average molecular weight is 268 g/mol. The fraction of sp³-hybridized carbons (Fsp3) is 0.333. The van der Waals surface area contributed by atoms with Crippen LogP contribution in [0.2, 0.25) is 0 Å². The highest BCUT2D eigenvalue weighted by Crippen LogP contribution is 2.20. The molecule has 80 valence electrons. The van der Waals surface area contributed by atoms with Crippen molar-refractivity contribution in [3.63, 3.8) is 0 Å². The number of hydrogen-bond donors (Lipinski definition) is 1. The van der Waals surface area contributed by atoms with Crippen LogP contribution in [0.3, 0.4) is 0 Å². The zero-order valence-electron chi connectivity index (χ0n) is 8.88. The molecule has 1 heterocycles. The van der Waals surface area contributed by atoms with Crippen molar-refractivity contribution in [3.8, 4) is 0 Å². The second kappa shape index (κ2) is 4.37. The van der Waals surface area contributed by atoms with E-state index in [1.807, 2.05) is 19.9 Å². The Hall–Kier alpha value is -0.800. The van der Waals surface area contributed by atoms with Crippen LogP contribution in [0.5, 0.6) is 0 Å². The van der Waals surface area contributed by atoms with Crippen LogP contribution in [-0.2, 0) is 11.3 Å². The highest BCUT2D eigenvalue weighted by atomic mass is 79.9. The van der Waals surface area contributed by atoms with Crippen molar-refractivity contribution < 1.29 is 4.74 Å². The summed E-state index contributed by atoms with van der Waals surface area (Å²) < 4.78 is 6.65. The molecule has 0 bridgehead atoms. The summed E-state index contributed by atoms with van der Waals surface area (Å²) in [5, 5.41) is 1.21. The molecule has 0 spiro atoms. The Morgan fingerprint density at radius 2 is 2.13 bits per heavy atom. The van der Waals surface area contributed by atoms with E-state index in [0.29, 0.717) is 6.61 Å². The molecular weight excluding hydrogens is 254 g/mol. The molecule has 2 rings (SSSR count). The SMILES string of the molecule is CC(C)OCc1cc2cc(Br)ccc2[nH]1. The van der Waals surface area contributed by atoms with Gasteiger partial charge in [0.05, 0.1) is 12.7 Å². The van der Waals surface area contributed by atoms with E-state index in [1.54, 1.807) is 0 Å². The van der Waals surface area contributed by atoms with Crippen molar-refractivity contribution in [1.82, 2.24) is 4.98 Å². The number of fused-ring (bicyclic) bond motifs is 1. The van der Waals surface area contributed by atoms with Gasteiger partial charge in [-0.2, -0.15) is 0 Å². The van der Waals surface area contributed by atoms with Crippen LogP contribution in [0.15, 0.2) is 28.7 Å². The number of halogens is 1. The lowest BCUT2D eigenvalue weighted by Crippen LogP contribution is -2.02. The average Bonchev–Trinajstić information content (AvgIpc) is 2.56. The van der Waals surface area contributed by atoms with E-state index < -0.39 is 0 Å². The molecule has 1 N–H and O–H groups in total.